The van der Waals surface area contributed by atoms with E-state index in [1.165, 1.54) is 0 Å². The van der Waals surface area contributed by atoms with E-state index in [0.717, 1.165) is 6.42 Å². The molecule has 6 heteroatoms. The molecule has 0 heterocycles. The zero-order valence-corrected chi connectivity index (χ0v) is 11.9. The number of methoxy groups -OCH3 is 1. The Morgan fingerprint density at radius 2 is 1.80 bits per heavy atom. The predicted octanol–water partition coefficient (Wildman–Crippen LogP) is 1.70. The van der Waals surface area contributed by atoms with Crippen LogP contribution in [0.4, 0.5) is 4.79 Å². The fourth-order valence-electron chi connectivity index (χ4n) is 1.35. The van der Waals surface area contributed by atoms with E-state index in [9.17, 15) is 9.59 Å². The van der Waals surface area contributed by atoms with Crippen LogP contribution in [0.3, 0.4) is 0 Å². The molecule has 2 N–H and O–H groups in total. The van der Waals surface area contributed by atoms with Crippen molar-refractivity contribution in [2.24, 2.45) is 0 Å². The molecule has 0 aromatic heterocycles. The standard InChI is InChI=1S/C14H20N2O4/c1-4-10(2)15-14(18)16-13(17)9-20-12-7-5-11(19-3)6-8-12/h5-8,10H,4,9H2,1-3H3,(H2,15,16,17,18)/t10-/m1/s1. The number of hydrogen-bond acceptors (Lipinski definition) is 4. The molecule has 0 fully saturated rings. The smallest absolute Gasteiger partial charge is 0.321 e. The van der Waals surface area contributed by atoms with Crippen LogP contribution in [0.15, 0.2) is 24.3 Å². The molecule has 1 aromatic carbocycles. The first-order valence-corrected chi connectivity index (χ1v) is 6.42. The van der Waals surface area contributed by atoms with Gasteiger partial charge in [0.2, 0.25) is 0 Å². The van der Waals surface area contributed by atoms with Crippen molar-refractivity contribution in [2.75, 3.05) is 13.7 Å². The molecule has 1 atom stereocenters. The Hall–Kier alpha value is -2.24. The van der Waals surface area contributed by atoms with Gasteiger partial charge in [0.15, 0.2) is 6.61 Å². The molecule has 6 nitrogen and oxygen atoms in total. The molecule has 0 aliphatic carbocycles. The van der Waals surface area contributed by atoms with E-state index in [2.05, 4.69) is 10.6 Å². The molecule has 0 bridgehead atoms. The van der Waals surface area contributed by atoms with E-state index < -0.39 is 11.9 Å². The number of amides is 3. The highest BCUT2D eigenvalue weighted by Gasteiger charge is 2.10. The van der Waals surface area contributed by atoms with E-state index in [-0.39, 0.29) is 12.6 Å². The van der Waals surface area contributed by atoms with Gasteiger partial charge in [-0.1, -0.05) is 6.92 Å². The lowest BCUT2D eigenvalue weighted by Crippen LogP contribution is -2.44. The van der Waals surface area contributed by atoms with E-state index in [1.54, 1.807) is 31.4 Å². The van der Waals surface area contributed by atoms with Gasteiger partial charge in [-0.05, 0) is 37.6 Å². The predicted molar refractivity (Wildman–Crippen MR) is 74.9 cm³/mol. The van der Waals surface area contributed by atoms with Crippen LogP contribution >= 0.6 is 0 Å². The molecule has 0 spiro atoms. The van der Waals surface area contributed by atoms with E-state index >= 15 is 0 Å². The van der Waals surface area contributed by atoms with Crippen molar-refractivity contribution in [2.45, 2.75) is 26.3 Å². The Morgan fingerprint density at radius 1 is 1.20 bits per heavy atom. The maximum atomic E-state index is 11.5. The fraction of sp³-hybridized carbons (Fsp3) is 0.429. The number of carbonyl (C=O) groups excluding carboxylic acids is 2. The summed E-state index contributed by atoms with van der Waals surface area (Å²) in [6.45, 7) is 3.58. The lowest BCUT2D eigenvalue weighted by Gasteiger charge is -2.12. The second kappa shape index (κ2) is 8.04. The summed E-state index contributed by atoms with van der Waals surface area (Å²) >= 11 is 0. The average molecular weight is 280 g/mol. The number of rotatable bonds is 6. The van der Waals surface area contributed by atoms with Gasteiger partial charge in [-0.25, -0.2) is 4.79 Å². The maximum absolute atomic E-state index is 11.5. The van der Waals surface area contributed by atoms with Gasteiger partial charge >= 0.3 is 6.03 Å². The van der Waals surface area contributed by atoms with Crippen LogP contribution in [-0.2, 0) is 4.79 Å². The highest BCUT2D eigenvalue weighted by Crippen LogP contribution is 2.16. The number of benzene rings is 1. The third-order valence-electron chi connectivity index (χ3n) is 2.67. The summed E-state index contributed by atoms with van der Waals surface area (Å²) in [5.41, 5.74) is 0. The SMILES string of the molecule is CC[C@@H](C)NC(=O)NC(=O)COc1ccc(OC)cc1. The molecule has 0 unspecified atom stereocenters. The van der Waals surface area contributed by atoms with Crippen molar-refractivity contribution in [1.29, 1.82) is 0 Å². The monoisotopic (exact) mass is 280 g/mol. The minimum atomic E-state index is -0.511. The van der Waals surface area contributed by atoms with Crippen LogP contribution < -0.4 is 20.1 Å². The van der Waals surface area contributed by atoms with Crippen LogP contribution in [0.25, 0.3) is 0 Å². The molecule has 20 heavy (non-hydrogen) atoms. The molecule has 0 aliphatic rings. The number of nitrogens with one attached hydrogen (secondary N) is 2. The highest BCUT2D eigenvalue weighted by atomic mass is 16.5. The van der Waals surface area contributed by atoms with Crippen LogP contribution in [0.2, 0.25) is 0 Å². The Morgan fingerprint density at radius 3 is 2.35 bits per heavy atom. The second-order valence-corrected chi connectivity index (χ2v) is 4.30. The summed E-state index contributed by atoms with van der Waals surface area (Å²) in [4.78, 5) is 22.9. The van der Waals surface area contributed by atoms with Crippen molar-refractivity contribution in [3.63, 3.8) is 0 Å². The molecule has 0 saturated heterocycles. The van der Waals surface area contributed by atoms with Crippen molar-refractivity contribution in [3.8, 4) is 11.5 Å². The van der Waals surface area contributed by atoms with Crippen LogP contribution in [0.5, 0.6) is 11.5 Å². The first-order valence-electron chi connectivity index (χ1n) is 6.42. The van der Waals surface area contributed by atoms with Crippen molar-refractivity contribution < 1.29 is 19.1 Å². The fourth-order valence-corrected chi connectivity index (χ4v) is 1.35. The number of ether oxygens (including phenoxy) is 2. The summed E-state index contributed by atoms with van der Waals surface area (Å²) in [5, 5.41) is 4.83. The summed E-state index contributed by atoms with van der Waals surface area (Å²) < 4.78 is 10.3. The summed E-state index contributed by atoms with van der Waals surface area (Å²) in [6.07, 6.45) is 0.796. The van der Waals surface area contributed by atoms with Crippen molar-refractivity contribution in [3.05, 3.63) is 24.3 Å². The van der Waals surface area contributed by atoms with Gasteiger partial charge in [-0.3, -0.25) is 10.1 Å². The Balaban J connectivity index is 2.33. The summed E-state index contributed by atoms with van der Waals surface area (Å²) in [5.74, 6) is 0.736. The molecule has 0 radical (unpaired) electrons. The largest absolute Gasteiger partial charge is 0.497 e. The molecule has 1 aromatic rings. The summed E-state index contributed by atoms with van der Waals surface area (Å²) in [7, 11) is 1.57. The normalized spacial score (nSPS) is 11.3. The maximum Gasteiger partial charge on any atom is 0.321 e. The van der Waals surface area contributed by atoms with E-state index in [1.807, 2.05) is 13.8 Å². The van der Waals surface area contributed by atoms with Gasteiger partial charge in [0, 0.05) is 6.04 Å². The zero-order valence-electron chi connectivity index (χ0n) is 11.9. The topological polar surface area (TPSA) is 76.7 Å². The average Bonchev–Trinajstić information content (AvgIpc) is 2.45. The van der Waals surface area contributed by atoms with E-state index in [4.69, 9.17) is 9.47 Å². The number of carbonyl (C=O) groups is 2. The van der Waals surface area contributed by atoms with Crippen molar-refractivity contribution >= 4 is 11.9 Å². The summed E-state index contributed by atoms with van der Waals surface area (Å²) in [6, 6.07) is 6.33. The molecule has 0 saturated carbocycles. The number of urea groups is 1. The second-order valence-electron chi connectivity index (χ2n) is 4.30. The molecular formula is C14H20N2O4. The molecule has 110 valence electrons. The quantitative estimate of drug-likeness (QED) is 0.831. The number of hydrogen-bond donors (Lipinski definition) is 2. The third-order valence-corrected chi connectivity index (χ3v) is 2.67. The zero-order chi connectivity index (χ0) is 15.0. The minimum Gasteiger partial charge on any atom is -0.497 e. The van der Waals surface area contributed by atoms with Gasteiger partial charge in [0.05, 0.1) is 7.11 Å². The molecule has 1 rings (SSSR count). The molecule has 0 aliphatic heterocycles. The molecule has 3 amide bonds. The van der Waals surface area contributed by atoms with Gasteiger partial charge < -0.3 is 14.8 Å². The van der Waals surface area contributed by atoms with Crippen LogP contribution in [0, 0.1) is 0 Å². The Bertz CT molecular complexity index is 445. The highest BCUT2D eigenvalue weighted by molar-refractivity contribution is 5.95. The van der Waals surface area contributed by atoms with E-state index in [0.29, 0.717) is 11.5 Å². The lowest BCUT2D eigenvalue weighted by molar-refractivity contribution is -0.122. The van der Waals surface area contributed by atoms with Gasteiger partial charge in [0.25, 0.3) is 5.91 Å². The Labute approximate surface area is 118 Å². The number of imide groups is 1. The van der Waals surface area contributed by atoms with Gasteiger partial charge in [-0.15, -0.1) is 0 Å². The third kappa shape index (κ3) is 5.60. The first-order chi connectivity index (χ1) is 9.55. The van der Waals surface area contributed by atoms with Crippen molar-refractivity contribution in [1.82, 2.24) is 10.6 Å². The van der Waals surface area contributed by atoms with Gasteiger partial charge in [-0.2, -0.15) is 0 Å². The van der Waals surface area contributed by atoms with Gasteiger partial charge in [0.1, 0.15) is 11.5 Å². The van der Waals surface area contributed by atoms with Crippen LogP contribution in [-0.4, -0.2) is 31.7 Å². The lowest BCUT2D eigenvalue weighted by atomic mass is 10.3. The first kappa shape index (κ1) is 15.8. The Kier molecular flexibility index (Phi) is 6.36. The van der Waals surface area contributed by atoms with Crippen LogP contribution in [0.1, 0.15) is 20.3 Å². The minimum absolute atomic E-state index is 0.0188. The molecular weight excluding hydrogens is 260 g/mol.